The largest absolute Gasteiger partial charge is 1.00 e. The summed E-state index contributed by atoms with van der Waals surface area (Å²) in [7, 11) is 0.138. The molecule has 0 bridgehead atoms. The number of nitrogen functional groups attached to an aromatic ring is 2. The summed E-state index contributed by atoms with van der Waals surface area (Å²) in [5.74, 6) is -0.295. The molecule has 198 valence electrons. The molecule has 4 aromatic rings. The maximum absolute atomic E-state index is 10.9. The Kier molecular flexibility index (Phi) is 9.02. The van der Waals surface area contributed by atoms with Crippen molar-refractivity contribution < 1.29 is 34.4 Å². The number of hydrogen-bond donors (Lipinski definition) is 2. The molecule has 0 amide bonds. The van der Waals surface area contributed by atoms with E-state index in [4.69, 9.17) is 11.5 Å². The van der Waals surface area contributed by atoms with Gasteiger partial charge in [0.05, 0.1) is 54.5 Å². The summed E-state index contributed by atoms with van der Waals surface area (Å²) < 4.78 is 35.8. The number of aryl methyl sites for hydroxylation is 1. The number of rotatable bonds is 10. The van der Waals surface area contributed by atoms with Gasteiger partial charge in [0.1, 0.15) is 0 Å². The average molecular weight is 543 g/mol. The second-order valence-corrected chi connectivity index (χ2v) is 11.7. The number of pyridine rings is 1. The second kappa shape index (κ2) is 11.6. The van der Waals surface area contributed by atoms with Gasteiger partial charge in [-0.3, -0.25) is 0 Å². The van der Waals surface area contributed by atoms with Crippen molar-refractivity contribution in [1.29, 1.82) is 0 Å². The number of hydrogen-bond acceptors (Lipinski definition) is 5. The summed E-state index contributed by atoms with van der Waals surface area (Å²) in [6, 6.07) is 22.5. The van der Waals surface area contributed by atoms with E-state index in [1.165, 1.54) is 0 Å². The van der Waals surface area contributed by atoms with Crippen LogP contribution in [0.5, 0.6) is 0 Å². The van der Waals surface area contributed by atoms with E-state index in [0.29, 0.717) is 12.8 Å². The Bertz CT molecular complexity index is 1490. The number of nitrogens with zero attached hydrogens (tertiary/aromatic N) is 2. The third kappa shape index (κ3) is 7.11. The van der Waals surface area contributed by atoms with Crippen molar-refractivity contribution in [3.05, 3.63) is 66.7 Å². The number of unbranched alkanes of at least 4 members (excludes halogenated alkanes) is 1. The molecule has 7 nitrogen and oxygen atoms in total. The number of aromatic nitrogens is 1. The Hall–Kier alpha value is -2.91. The molecule has 0 saturated carbocycles. The normalized spacial score (nSPS) is 12.1. The fourth-order valence-electron chi connectivity index (χ4n) is 4.99. The SMILES string of the molecule is C[N+](C)(CCCCS(=O)(=O)[O-])CCC[n+]1c(-c2ccccc2)c2cc(N)ccc2c2ccc(N)cc21.[Cl-]. The van der Waals surface area contributed by atoms with Crippen LogP contribution in [0, 0.1) is 0 Å². The Morgan fingerprint density at radius 1 is 0.811 bits per heavy atom. The van der Waals surface area contributed by atoms with Gasteiger partial charge in [-0.15, -0.1) is 0 Å². The van der Waals surface area contributed by atoms with Crippen LogP contribution >= 0.6 is 0 Å². The Morgan fingerprint density at radius 2 is 1.43 bits per heavy atom. The van der Waals surface area contributed by atoms with Crippen LogP contribution in [0.15, 0.2) is 66.7 Å². The highest BCUT2D eigenvalue weighted by Crippen LogP contribution is 2.33. The van der Waals surface area contributed by atoms with Crippen molar-refractivity contribution >= 4 is 43.2 Å². The number of nitrogens with two attached hydrogens (primary N) is 2. The summed E-state index contributed by atoms with van der Waals surface area (Å²) in [4.78, 5) is 0. The predicted octanol–water partition coefficient (Wildman–Crippen LogP) is 0.908. The quantitative estimate of drug-likeness (QED) is 0.0772. The third-order valence-corrected chi connectivity index (χ3v) is 7.56. The van der Waals surface area contributed by atoms with Crippen molar-refractivity contribution in [2.45, 2.75) is 25.8 Å². The molecule has 0 saturated heterocycles. The van der Waals surface area contributed by atoms with Crippen LogP contribution in [-0.2, 0) is 16.7 Å². The molecule has 0 aliphatic rings. The predicted molar refractivity (Wildman–Crippen MR) is 146 cm³/mol. The summed E-state index contributed by atoms with van der Waals surface area (Å²) in [6.45, 7) is 2.50. The van der Waals surface area contributed by atoms with Gasteiger partial charge in [-0.1, -0.05) is 24.3 Å². The van der Waals surface area contributed by atoms with Crippen LogP contribution in [-0.4, -0.2) is 50.4 Å². The van der Waals surface area contributed by atoms with Gasteiger partial charge >= 0.3 is 0 Å². The van der Waals surface area contributed by atoms with Crippen molar-refractivity contribution in [3.63, 3.8) is 0 Å². The summed E-state index contributed by atoms with van der Waals surface area (Å²) in [6.07, 6.45) is 2.01. The smallest absolute Gasteiger partial charge is 0.220 e. The maximum Gasteiger partial charge on any atom is 0.220 e. The average Bonchev–Trinajstić information content (AvgIpc) is 2.81. The minimum Gasteiger partial charge on any atom is -1.00 e. The van der Waals surface area contributed by atoms with E-state index in [1.54, 1.807) is 0 Å². The molecule has 0 atom stereocenters. The highest BCUT2D eigenvalue weighted by Gasteiger charge is 2.25. The van der Waals surface area contributed by atoms with Crippen LogP contribution in [0.4, 0.5) is 11.4 Å². The Labute approximate surface area is 225 Å². The van der Waals surface area contributed by atoms with Crippen molar-refractivity contribution in [2.75, 3.05) is 44.4 Å². The number of benzene rings is 3. The fourth-order valence-corrected chi connectivity index (χ4v) is 5.54. The molecule has 9 heteroatoms. The van der Waals surface area contributed by atoms with E-state index >= 15 is 0 Å². The Morgan fingerprint density at radius 3 is 2.11 bits per heavy atom. The molecule has 1 heterocycles. The van der Waals surface area contributed by atoms with Gasteiger partial charge in [0.25, 0.3) is 0 Å². The summed E-state index contributed by atoms with van der Waals surface area (Å²) in [5, 5.41) is 3.37. The third-order valence-electron chi connectivity index (χ3n) is 6.77. The molecule has 37 heavy (non-hydrogen) atoms. The first-order valence-electron chi connectivity index (χ1n) is 12.3. The number of halogens is 1. The molecule has 0 aliphatic carbocycles. The summed E-state index contributed by atoms with van der Waals surface area (Å²) in [5.41, 5.74) is 17.2. The first kappa shape index (κ1) is 28.7. The van der Waals surface area contributed by atoms with Gasteiger partial charge in [0.2, 0.25) is 11.2 Å². The van der Waals surface area contributed by atoms with Gasteiger partial charge in [-0.2, -0.15) is 4.57 Å². The van der Waals surface area contributed by atoms with Crippen LogP contribution in [0.1, 0.15) is 19.3 Å². The van der Waals surface area contributed by atoms with E-state index in [1.807, 2.05) is 42.5 Å². The van der Waals surface area contributed by atoms with Crippen molar-refractivity contribution in [2.24, 2.45) is 0 Å². The lowest BCUT2D eigenvalue weighted by molar-refractivity contribution is -0.892. The van der Waals surface area contributed by atoms with E-state index in [2.05, 4.69) is 42.9 Å². The monoisotopic (exact) mass is 542 g/mol. The minimum absolute atomic E-state index is 0. The summed E-state index contributed by atoms with van der Waals surface area (Å²) >= 11 is 0. The molecule has 0 fully saturated rings. The zero-order chi connectivity index (χ0) is 25.9. The first-order valence-corrected chi connectivity index (χ1v) is 13.9. The fraction of sp³-hybridized carbons (Fsp3) is 0.321. The maximum atomic E-state index is 10.9. The second-order valence-electron chi connectivity index (χ2n) is 10.2. The van der Waals surface area contributed by atoms with Crippen LogP contribution < -0.4 is 28.4 Å². The lowest BCUT2D eigenvalue weighted by Crippen LogP contribution is -3.00. The topological polar surface area (TPSA) is 113 Å². The molecule has 4 N–H and O–H groups in total. The van der Waals surface area contributed by atoms with E-state index in [-0.39, 0.29) is 18.2 Å². The number of fused-ring (bicyclic) bond motifs is 3. The number of quaternary nitrogens is 1. The standard InChI is InChI=1S/C28H34N4O3S.ClH/c1-32(2,16-6-7-18-36(33,34)35)17-8-15-31-27-20-23(30)12-14-25(27)24-13-11-22(29)19-26(24)28(31)21-9-4-3-5-10-21;/h3-5,9-14,19-20,30H,6-8,15-18,29H2,1-2H3;1H. The Balaban J connectivity index is 0.00000380. The van der Waals surface area contributed by atoms with E-state index in [9.17, 15) is 13.0 Å². The first-order chi connectivity index (χ1) is 17.0. The van der Waals surface area contributed by atoms with Crippen molar-refractivity contribution in [1.82, 2.24) is 0 Å². The molecule has 0 aliphatic heterocycles. The van der Waals surface area contributed by atoms with Crippen LogP contribution in [0.3, 0.4) is 0 Å². The van der Waals surface area contributed by atoms with Gasteiger partial charge < -0.3 is 32.9 Å². The van der Waals surface area contributed by atoms with E-state index < -0.39 is 10.1 Å². The molecule has 0 spiro atoms. The minimum atomic E-state index is -4.15. The molecule has 0 radical (unpaired) electrons. The molecular weight excluding hydrogens is 508 g/mol. The molecule has 3 aromatic carbocycles. The lowest BCUT2D eigenvalue weighted by Gasteiger charge is -2.29. The number of anilines is 2. The van der Waals surface area contributed by atoms with Crippen molar-refractivity contribution in [3.8, 4) is 11.3 Å². The zero-order valence-electron chi connectivity index (χ0n) is 21.4. The van der Waals surface area contributed by atoms with E-state index in [0.717, 1.165) is 74.8 Å². The van der Waals surface area contributed by atoms with Gasteiger partial charge in [-0.25, -0.2) is 8.42 Å². The highest BCUT2D eigenvalue weighted by atomic mass is 35.5. The van der Waals surface area contributed by atoms with Gasteiger partial charge in [0, 0.05) is 34.1 Å². The molecular formula is C28H35ClN4O3S. The molecule has 0 unspecified atom stereocenters. The van der Waals surface area contributed by atoms with Gasteiger partial charge in [0.15, 0.2) is 6.54 Å². The van der Waals surface area contributed by atoms with Crippen LogP contribution in [0.25, 0.3) is 32.9 Å². The molecule has 4 rings (SSSR count). The van der Waals surface area contributed by atoms with Crippen LogP contribution in [0.2, 0.25) is 0 Å². The highest BCUT2D eigenvalue weighted by molar-refractivity contribution is 7.85. The lowest BCUT2D eigenvalue weighted by atomic mass is 9.98. The zero-order valence-corrected chi connectivity index (χ0v) is 22.9. The molecule has 1 aromatic heterocycles. The van der Waals surface area contributed by atoms with Gasteiger partial charge in [-0.05, 0) is 49.2 Å².